The number of unbranched alkanes of at least 4 members (excludes halogenated alkanes) is 2. The summed E-state index contributed by atoms with van der Waals surface area (Å²) in [6.07, 6.45) is 5.11. The molecule has 0 unspecified atom stereocenters. The van der Waals surface area contributed by atoms with Crippen molar-refractivity contribution >= 4 is 17.9 Å². The van der Waals surface area contributed by atoms with Crippen molar-refractivity contribution in [1.29, 1.82) is 0 Å². The summed E-state index contributed by atoms with van der Waals surface area (Å²) in [5, 5.41) is 0. The van der Waals surface area contributed by atoms with Gasteiger partial charge in [0.2, 0.25) is 6.79 Å². The van der Waals surface area contributed by atoms with Gasteiger partial charge in [-0.1, -0.05) is 24.0 Å². The van der Waals surface area contributed by atoms with Crippen LogP contribution in [-0.4, -0.2) is 65.0 Å². The molecule has 37 heavy (non-hydrogen) atoms. The molecule has 1 aromatic heterocycles. The predicted molar refractivity (Wildman–Crippen MR) is 129 cm³/mol. The highest BCUT2D eigenvalue weighted by Gasteiger charge is 2.17. The highest BCUT2D eigenvalue weighted by atomic mass is 16.8. The maximum Gasteiger partial charge on any atom is 0.370 e. The minimum absolute atomic E-state index is 0.0759. The number of carbonyl (C=O) groups is 3. The number of esters is 3. The summed E-state index contributed by atoms with van der Waals surface area (Å²) in [6.45, 7) is 8.34. The maximum absolute atomic E-state index is 12.8. The smallest absolute Gasteiger partial charge is 0.370 e. The second kappa shape index (κ2) is 17.3. The first-order chi connectivity index (χ1) is 17.8. The van der Waals surface area contributed by atoms with Crippen LogP contribution in [0.15, 0.2) is 52.3 Å². The first-order valence-corrected chi connectivity index (χ1v) is 11.3. The zero-order chi connectivity index (χ0) is 27.6. The van der Waals surface area contributed by atoms with Crippen LogP contribution >= 0.6 is 0 Å². The topological polar surface area (TPSA) is 163 Å². The Kier molecular flexibility index (Phi) is 14.4. The van der Waals surface area contributed by atoms with Crippen LogP contribution in [0.2, 0.25) is 0 Å². The maximum atomic E-state index is 12.8. The number of nitrogens with zero attached hydrogens (tertiary/aromatic N) is 3. The fourth-order valence-electron chi connectivity index (χ4n) is 2.72. The van der Waals surface area contributed by atoms with E-state index < -0.39 is 41.8 Å². The van der Waals surface area contributed by atoms with Crippen molar-refractivity contribution in [2.75, 3.05) is 33.2 Å². The standard InChI is InChI=1S/C23H31N3O11/c1-4-13-33-17-37-26-22(31)24(11-15-35-19(28)6-3)21(30)25(23(26)32)12-16-36-20(29)10-8-7-9-14-34-18(27)5-2/h4-6H,1-3,7-17H2. The molecule has 0 aliphatic rings. The molecule has 0 fully saturated rings. The lowest BCUT2D eigenvalue weighted by atomic mass is 10.2. The van der Waals surface area contributed by atoms with Crippen molar-refractivity contribution in [2.45, 2.75) is 38.8 Å². The van der Waals surface area contributed by atoms with Crippen molar-refractivity contribution in [3.8, 4) is 0 Å². The minimum Gasteiger partial charge on any atom is -0.464 e. The molecule has 0 N–H and O–H groups in total. The number of hydrogen-bond donors (Lipinski definition) is 0. The molecule has 1 rings (SSSR count). The van der Waals surface area contributed by atoms with Gasteiger partial charge in [0.1, 0.15) is 13.2 Å². The van der Waals surface area contributed by atoms with Crippen LogP contribution in [-0.2, 0) is 46.4 Å². The van der Waals surface area contributed by atoms with E-state index in [0.717, 1.165) is 12.2 Å². The lowest BCUT2D eigenvalue weighted by Gasteiger charge is -2.14. The van der Waals surface area contributed by atoms with Crippen molar-refractivity contribution in [2.24, 2.45) is 0 Å². The SMILES string of the molecule is C=CCOCOn1c(=O)n(CCOC(=O)C=C)c(=O)n(CCOC(=O)CCCCCOC(=O)C=C)c1=O. The molecular weight excluding hydrogens is 494 g/mol. The van der Waals surface area contributed by atoms with Crippen LogP contribution in [0.25, 0.3) is 0 Å². The van der Waals surface area contributed by atoms with Gasteiger partial charge in [-0.15, -0.1) is 6.58 Å². The summed E-state index contributed by atoms with van der Waals surface area (Å²) in [7, 11) is 0. The summed E-state index contributed by atoms with van der Waals surface area (Å²) in [5.74, 6) is -1.84. The van der Waals surface area contributed by atoms with E-state index in [1.165, 1.54) is 6.08 Å². The zero-order valence-corrected chi connectivity index (χ0v) is 20.5. The van der Waals surface area contributed by atoms with Gasteiger partial charge in [0.25, 0.3) is 0 Å². The third-order valence-electron chi connectivity index (χ3n) is 4.51. The van der Waals surface area contributed by atoms with Crippen LogP contribution in [0.3, 0.4) is 0 Å². The van der Waals surface area contributed by atoms with Crippen LogP contribution < -0.4 is 21.9 Å². The second-order valence-electron chi connectivity index (χ2n) is 7.13. The quantitative estimate of drug-likeness (QED) is 0.0561. The van der Waals surface area contributed by atoms with E-state index in [4.69, 9.17) is 23.8 Å². The Morgan fingerprint density at radius 1 is 0.730 bits per heavy atom. The normalized spacial score (nSPS) is 10.3. The van der Waals surface area contributed by atoms with E-state index in [9.17, 15) is 28.8 Å². The van der Waals surface area contributed by atoms with E-state index in [-0.39, 0.29) is 45.9 Å². The van der Waals surface area contributed by atoms with E-state index in [1.54, 1.807) is 0 Å². The highest BCUT2D eigenvalue weighted by molar-refractivity contribution is 5.81. The highest BCUT2D eigenvalue weighted by Crippen LogP contribution is 2.02. The second-order valence-corrected chi connectivity index (χ2v) is 7.13. The number of aromatic nitrogens is 3. The van der Waals surface area contributed by atoms with Crippen LogP contribution in [0.1, 0.15) is 25.7 Å². The molecule has 204 valence electrons. The summed E-state index contributed by atoms with van der Waals surface area (Å²) >= 11 is 0. The molecule has 0 saturated carbocycles. The van der Waals surface area contributed by atoms with Crippen molar-refractivity contribution < 1.29 is 38.2 Å². The lowest BCUT2D eigenvalue weighted by molar-refractivity contribution is -0.144. The summed E-state index contributed by atoms with van der Waals surface area (Å²) in [4.78, 5) is 77.3. The van der Waals surface area contributed by atoms with Crippen molar-refractivity contribution in [3.05, 3.63) is 69.4 Å². The molecular formula is C23H31N3O11. The Bertz CT molecular complexity index is 1130. The summed E-state index contributed by atoms with van der Waals surface area (Å²) in [5.41, 5.74) is -3.23. The van der Waals surface area contributed by atoms with Crippen LogP contribution in [0, 0.1) is 0 Å². The van der Waals surface area contributed by atoms with Gasteiger partial charge < -0.3 is 23.8 Å². The van der Waals surface area contributed by atoms with Gasteiger partial charge >= 0.3 is 35.0 Å². The molecule has 14 nitrogen and oxygen atoms in total. The van der Waals surface area contributed by atoms with Gasteiger partial charge in [0.05, 0.1) is 26.3 Å². The average Bonchev–Trinajstić information content (AvgIpc) is 2.89. The Morgan fingerprint density at radius 3 is 1.86 bits per heavy atom. The van der Waals surface area contributed by atoms with E-state index >= 15 is 0 Å². The van der Waals surface area contributed by atoms with Crippen molar-refractivity contribution in [1.82, 2.24) is 13.9 Å². The monoisotopic (exact) mass is 525 g/mol. The predicted octanol–water partition coefficient (Wildman–Crippen LogP) is -0.678. The van der Waals surface area contributed by atoms with Crippen molar-refractivity contribution in [3.63, 3.8) is 0 Å². The van der Waals surface area contributed by atoms with E-state index in [0.29, 0.717) is 33.1 Å². The first kappa shape index (κ1) is 30.8. The van der Waals surface area contributed by atoms with Crippen LogP contribution in [0.4, 0.5) is 0 Å². The van der Waals surface area contributed by atoms with E-state index in [2.05, 4.69) is 19.7 Å². The molecule has 0 bridgehead atoms. The minimum atomic E-state index is -1.11. The molecule has 0 atom stereocenters. The summed E-state index contributed by atoms with van der Waals surface area (Å²) in [6, 6.07) is 0. The third-order valence-corrected chi connectivity index (χ3v) is 4.51. The molecule has 0 spiro atoms. The molecule has 0 aliphatic heterocycles. The number of ether oxygens (including phenoxy) is 4. The molecule has 14 heteroatoms. The summed E-state index contributed by atoms with van der Waals surface area (Å²) < 4.78 is 21.3. The fraction of sp³-hybridized carbons (Fsp3) is 0.478. The molecule has 1 heterocycles. The molecule has 0 aromatic carbocycles. The Labute approximate surface area is 211 Å². The number of carbonyl (C=O) groups excluding carboxylic acids is 3. The van der Waals surface area contributed by atoms with Gasteiger partial charge in [-0.05, 0) is 19.3 Å². The van der Waals surface area contributed by atoms with Crippen LogP contribution in [0.5, 0.6) is 0 Å². The number of hydrogen-bond acceptors (Lipinski definition) is 11. The molecule has 0 aliphatic carbocycles. The Hall–Kier alpha value is -4.20. The zero-order valence-electron chi connectivity index (χ0n) is 20.5. The fourth-order valence-corrected chi connectivity index (χ4v) is 2.72. The van der Waals surface area contributed by atoms with Gasteiger partial charge in [0, 0.05) is 18.6 Å². The Balaban J connectivity index is 2.81. The molecule has 0 radical (unpaired) electrons. The molecule has 0 amide bonds. The average molecular weight is 526 g/mol. The molecule has 1 aromatic rings. The largest absolute Gasteiger partial charge is 0.464 e. The van der Waals surface area contributed by atoms with Gasteiger partial charge in [-0.25, -0.2) is 33.1 Å². The van der Waals surface area contributed by atoms with Gasteiger partial charge in [-0.3, -0.25) is 4.79 Å². The first-order valence-electron chi connectivity index (χ1n) is 11.3. The molecule has 0 saturated heterocycles. The lowest BCUT2D eigenvalue weighted by Crippen LogP contribution is -2.57. The van der Waals surface area contributed by atoms with Gasteiger partial charge in [-0.2, -0.15) is 0 Å². The van der Waals surface area contributed by atoms with Gasteiger partial charge in [0.15, 0.2) is 0 Å². The van der Waals surface area contributed by atoms with E-state index in [1.807, 2.05) is 0 Å². The number of rotatable bonds is 19. The third kappa shape index (κ3) is 10.9. The Morgan fingerprint density at radius 2 is 1.30 bits per heavy atom.